The molecule has 6 heteroatoms. The second kappa shape index (κ2) is 7.86. The van der Waals surface area contributed by atoms with Gasteiger partial charge >= 0.3 is 0 Å². The van der Waals surface area contributed by atoms with Crippen LogP contribution in [0.4, 0.5) is 0 Å². The molecule has 0 aliphatic heterocycles. The van der Waals surface area contributed by atoms with E-state index in [1.165, 1.54) is 6.07 Å². The molecule has 1 heterocycles. The molecular formula is C21H21N3O3. The number of H-pyrrole nitrogens is 1. The van der Waals surface area contributed by atoms with Gasteiger partial charge in [-0.1, -0.05) is 56.3 Å². The van der Waals surface area contributed by atoms with Crippen LogP contribution in [0.25, 0.3) is 11.4 Å². The van der Waals surface area contributed by atoms with Crippen LogP contribution in [-0.4, -0.2) is 21.0 Å². The average Bonchev–Trinajstić information content (AvgIpc) is 2.67. The number of amides is 1. The Balaban J connectivity index is 1.89. The minimum Gasteiger partial charge on any atom is -0.508 e. The highest BCUT2D eigenvalue weighted by atomic mass is 16.3. The summed E-state index contributed by atoms with van der Waals surface area (Å²) in [4.78, 5) is 31.7. The number of benzene rings is 2. The van der Waals surface area contributed by atoms with Crippen molar-refractivity contribution < 1.29 is 9.90 Å². The second-order valence-corrected chi connectivity index (χ2v) is 6.63. The summed E-state index contributed by atoms with van der Waals surface area (Å²) in [6.45, 7) is 3.97. The predicted molar refractivity (Wildman–Crippen MR) is 103 cm³/mol. The molecule has 3 N–H and O–H groups in total. The van der Waals surface area contributed by atoms with Gasteiger partial charge in [-0.05, 0) is 23.6 Å². The van der Waals surface area contributed by atoms with Gasteiger partial charge in [0, 0.05) is 11.6 Å². The van der Waals surface area contributed by atoms with E-state index >= 15 is 0 Å². The number of aromatic amines is 1. The van der Waals surface area contributed by atoms with Gasteiger partial charge in [-0.15, -0.1) is 0 Å². The monoisotopic (exact) mass is 363 g/mol. The van der Waals surface area contributed by atoms with Crippen molar-refractivity contribution in [2.24, 2.45) is 5.92 Å². The van der Waals surface area contributed by atoms with Crippen LogP contribution in [-0.2, 0) is 0 Å². The Bertz CT molecular complexity index is 980. The molecule has 1 atom stereocenters. The molecule has 0 saturated carbocycles. The molecule has 3 rings (SSSR count). The molecule has 0 aliphatic rings. The fourth-order valence-electron chi connectivity index (χ4n) is 2.84. The number of rotatable bonds is 5. The van der Waals surface area contributed by atoms with Crippen molar-refractivity contribution in [1.82, 2.24) is 15.3 Å². The van der Waals surface area contributed by atoms with E-state index in [4.69, 9.17) is 0 Å². The first-order chi connectivity index (χ1) is 12.9. The highest BCUT2D eigenvalue weighted by Gasteiger charge is 2.20. The third-order valence-electron chi connectivity index (χ3n) is 4.23. The standard InChI is InChI=1S/C21H21N3O3/c1-13(2)19(14-8-10-16(25)11-9-14)24-21(27)17-12-18(26)23-20(22-17)15-6-4-3-5-7-15/h3-13,19,25H,1-2H3,(H,24,27)(H,22,23,26)/t19-/m1/s1. The first kappa shape index (κ1) is 18.4. The first-order valence-corrected chi connectivity index (χ1v) is 8.70. The van der Waals surface area contributed by atoms with Gasteiger partial charge in [0.2, 0.25) is 0 Å². The topological polar surface area (TPSA) is 95.1 Å². The predicted octanol–water partition coefficient (Wildman–Crippen LogP) is 3.27. The summed E-state index contributed by atoms with van der Waals surface area (Å²) in [7, 11) is 0. The molecule has 2 aromatic carbocycles. The van der Waals surface area contributed by atoms with Crippen molar-refractivity contribution >= 4 is 5.91 Å². The Morgan fingerprint density at radius 1 is 1.07 bits per heavy atom. The number of phenols is 1. The molecule has 0 bridgehead atoms. The van der Waals surface area contributed by atoms with Gasteiger partial charge < -0.3 is 15.4 Å². The Morgan fingerprint density at radius 2 is 1.74 bits per heavy atom. The molecule has 138 valence electrons. The molecule has 0 saturated heterocycles. The molecule has 6 nitrogen and oxygen atoms in total. The van der Waals surface area contributed by atoms with Crippen LogP contribution in [0, 0.1) is 5.92 Å². The largest absolute Gasteiger partial charge is 0.508 e. The lowest BCUT2D eigenvalue weighted by Gasteiger charge is -2.23. The average molecular weight is 363 g/mol. The SMILES string of the molecule is CC(C)[C@@H](NC(=O)c1cc(=O)[nH]c(-c2ccccc2)n1)c1ccc(O)cc1. The lowest BCUT2D eigenvalue weighted by molar-refractivity contribution is 0.0920. The smallest absolute Gasteiger partial charge is 0.270 e. The van der Waals surface area contributed by atoms with Crippen LogP contribution in [0.3, 0.4) is 0 Å². The zero-order valence-corrected chi connectivity index (χ0v) is 15.1. The second-order valence-electron chi connectivity index (χ2n) is 6.63. The zero-order valence-electron chi connectivity index (χ0n) is 15.1. The van der Waals surface area contributed by atoms with E-state index in [0.717, 1.165) is 11.1 Å². The lowest BCUT2D eigenvalue weighted by Crippen LogP contribution is -2.33. The van der Waals surface area contributed by atoms with E-state index < -0.39 is 5.91 Å². The summed E-state index contributed by atoms with van der Waals surface area (Å²) in [5.41, 5.74) is 1.26. The maximum Gasteiger partial charge on any atom is 0.270 e. The van der Waals surface area contributed by atoms with E-state index in [-0.39, 0.29) is 29.0 Å². The number of hydrogen-bond donors (Lipinski definition) is 3. The van der Waals surface area contributed by atoms with Crippen LogP contribution < -0.4 is 10.9 Å². The van der Waals surface area contributed by atoms with Crippen molar-refractivity contribution in [2.75, 3.05) is 0 Å². The van der Waals surface area contributed by atoms with Gasteiger partial charge in [0.1, 0.15) is 17.3 Å². The molecule has 0 aliphatic carbocycles. The molecule has 0 unspecified atom stereocenters. The number of aromatic hydroxyl groups is 1. The molecule has 0 radical (unpaired) electrons. The molecule has 0 fully saturated rings. The highest BCUT2D eigenvalue weighted by molar-refractivity contribution is 5.92. The van der Waals surface area contributed by atoms with Crippen LogP contribution in [0.15, 0.2) is 65.5 Å². The van der Waals surface area contributed by atoms with Crippen molar-refractivity contribution in [3.8, 4) is 17.1 Å². The van der Waals surface area contributed by atoms with Crippen LogP contribution >= 0.6 is 0 Å². The maximum absolute atomic E-state index is 12.8. The molecule has 1 amide bonds. The first-order valence-electron chi connectivity index (χ1n) is 8.70. The van der Waals surface area contributed by atoms with Gasteiger partial charge in [0.15, 0.2) is 0 Å². The van der Waals surface area contributed by atoms with Gasteiger partial charge in [-0.25, -0.2) is 4.98 Å². The Kier molecular flexibility index (Phi) is 5.35. The number of nitrogens with zero attached hydrogens (tertiary/aromatic N) is 1. The minimum atomic E-state index is -0.426. The Morgan fingerprint density at radius 3 is 2.37 bits per heavy atom. The van der Waals surface area contributed by atoms with Crippen LogP contribution in [0.2, 0.25) is 0 Å². The van der Waals surface area contributed by atoms with E-state index in [2.05, 4.69) is 15.3 Å². The summed E-state index contributed by atoms with van der Waals surface area (Å²) in [6.07, 6.45) is 0. The number of hydrogen-bond acceptors (Lipinski definition) is 4. The maximum atomic E-state index is 12.8. The molecule has 1 aromatic heterocycles. The van der Waals surface area contributed by atoms with E-state index in [1.54, 1.807) is 24.3 Å². The summed E-state index contributed by atoms with van der Waals surface area (Å²) >= 11 is 0. The number of aromatic nitrogens is 2. The number of carbonyl (C=O) groups excluding carboxylic acids is 1. The summed E-state index contributed by atoms with van der Waals surface area (Å²) in [5, 5.41) is 12.4. The van der Waals surface area contributed by atoms with E-state index in [0.29, 0.717) is 5.82 Å². The molecule has 27 heavy (non-hydrogen) atoms. The third-order valence-corrected chi connectivity index (χ3v) is 4.23. The zero-order chi connectivity index (χ0) is 19.4. The van der Waals surface area contributed by atoms with E-state index in [9.17, 15) is 14.7 Å². The van der Waals surface area contributed by atoms with Crippen LogP contribution in [0.1, 0.15) is 35.9 Å². The molecule has 0 spiro atoms. The fourth-order valence-corrected chi connectivity index (χ4v) is 2.84. The van der Waals surface area contributed by atoms with Crippen molar-refractivity contribution in [2.45, 2.75) is 19.9 Å². The summed E-state index contributed by atoms with van der Waals surface area (Å²) < 4.78 is 0. The minimum absolute atomic E-state index is 0.0574. The molecular weight excluding hydrogens is 342 g/mol. The normalized spacial score (nSPS) is 12.0. The Hall–Kier alpha value is -3.41. The highest BCUT2D eigenvalue weighted by Crippen LogP contribution is 2.24. The quantitative estimate of drug-likeness (QED) is 0.648. The molecule has 3 aromatic rings. The van der Waals surface area contributed by atoms with Gasteiger partial charge in [-0.2, -0.15) is 0 Å². The Labute approximate surface area is 156 Å². The number of phenolic OH excluding ortho intramolecular Hbond substituents is 1. The van der Waals surface area contributed by atoms with Gasteiger partial charge in [0.05, 0.1) is 6.04 Å². The third kappa shape index (κ3) is 4.41. The van der Waals surface area contributed by atoms with Gasteiger partial charge in [0.25, 0.3) is 11.5 Å². The van der Waals surface area contributed by atoms with Crippen molar-refractivity contribution in [3.63, 3.8) is 0 Å². The van der Waals surface area contributed by atoms with Crippen LogP contribution in [0.5, 0.6) is 5.75 Å². The number of carbonyl (C=O) groups is 1. The number of nitrogens with one attached hydrogen (secondary N) is 2. The lowest BCUT2D eigenvalue weighted by atomic mass is 9.96. The summed E-state index contributed by atoms with van der Waals surface area (Å²) in [6, 6.07) is 16.8. The van der Waals surface area contributed by atoms with E-state index in [1.807, 2.05) is 44.2 Å². The van der Waals surface area contributed by atoms with Gasteiger partial charge in [-0.3, -0.25) is 9.59 Å². The van der Waals surface area contributed by atoms with Crippen molar-refractivity contribution in [1.29, 1.82) is 0 Å². The fraction of sp³-hybridized carbons (Fsp3) is 0.190. The summed E-state index contributed by atoms with van der Waals surface area (Å²) in [5.74, 6) is 0.189. The van der Waals surface area contributed by atoms with Crippen molar-refractivity contribution in [3.05, 3.63) is 82.3 Å².